The van der Waals surface area contributed by atoms with Crippen molar-refractivity contribution in [2.45, 2.75) is 51.7 Å². The van der Waals surface area contributed by atoms with Crippen molar-refractivity contribution in [3.05, 3.63) is 24.3 Å². The Kier molecular flexibility index (Phi) is 2.11. The molecule has 0 unspecified atom stereocenters. The summed E-state index contributed by atoms with van der Waals surface area (Å²) < 4.78 is 6.17. The molecule has 1 aliphatic heterocycles. The molecule has 0 amide bonds. The molecule has 78 valence electrons. The molecule has 1 aliphatic carbocycles. The van der Waals surface area contributed by atoms with Gasteiger partial charge in [-0.1, -0.05) is 32.6 Å². The van der Waals surface area contributed by atoms with Gasteiger partial charge < -0.3 is 4.74 Å². The van der Waals surface area contributed by atoms with Gasteiger partial charge in [0.25, 0.3) is 0 Å². The first-order chi connectivity index (χ1) is 6.48. The van der Waals surface area contributed by atoms with Crippen LogP contribution in [0.5, 0.6) is 0 Å². The Hall–Kier alpha value is -0.560. The van der Waals surface area contributed by atoms with Gasteiger partial charge in [0.2, 0.25) is 0 Å². The van der Waals surface area contributed by atoms with Crippen molar-refractivity contribution < 1.29 is 4.74 Å². The Morgan fingerprint density at radius 2 is 2.21 bits per heavy atom. The van der Waals surface area contributed by atoms with Crippen molar-refractivity contribution in [1.29, 1.82) is 0 Å². The van der Waals surface area contributed by atoms with Crippen LogP contribution < -0.4 is 0 Å². The maximum atomic E-state index is 6.17. The van der Waals surface area contributed by atoms with Gasteiger partial charge in [0.1, 0.15) is 0 Å². The summed E-state index contributed by atoms with van der Waals surface area (Å²) >= 11 is 0. The van der Waals surface area contributed by atoms with Gasteiger partial charge in [-0.25, -0.2) is 0 Å². The lowest BCUT2D eigenvalue weighted by molar-refractivity contribution is -0.0828. The average Bonchev–Trinajstić information content (AvgIpc) is 2.46. The van der Waals surface area contributed by atoms with Gasteiger partial charge >= 0.3 is 0 Å². The van der Waals surface area contributed by atoms with Crippen LogP contribution in [0.15, 0.2) is 24.3 Å². The van der Waals surface area contributed by atoms with Gasteiger partial charge in [-0.15, -0.1) is 0 Å². The molecule has 2 rings (SSSR count). The summed E-state index contributed by atoms with van der Waals surface area (Å²) in [6.45, 7) is 10.9. The molecule has 1 fully saturated rings. The van der Waals surface area contributed by atoms with Gasteiger partial charge in [0.15, 0.2) is 0 Å². The van der Waals surface area contributed by atoms with Crippen molar-refractivity contribution >= 4 is 0 Å². The Bertz CT molecular complexity index is 288. The first-order valence-electron chi connectivity index (χ1n) is 5.52. The van der Waals surface area contributed by atoms with Crippen molar-refractivity contribution in [3.63, 3.8) is 0 Å². The molecule has 2 atom stereocenters. The van der Waals surface area contributed by atoms with Crippen LogP contribution in [0.3, 0.4) is 0 Å². The summed E-state index contributed by atoms with van der Waals surface area (Å²) in [6.07, 6.45) is 8.14. The zero-order valence-corrected chi connectivity index (χ0v) is 9.47. The normalized spacial score (nSPS) is 40.8. The van der Waals surface area contributed by atoms with Crippen LogP contribution in [0, 0.1) is 5.41 Å². The molecular formula is C13H20O. The lowest BCUT2D eigenvalue weighted by atomic mass is 9.65. The Morgan fingerprint density at radius 1 is 1.50 bits per heavy atom. The Balaban J connectivity index is 2.39. The van der Waals surface area contributed by atoms with Gasteiger partial charge in [-0.05, 0) is 31.8 Å². The van der Waals surface area contributed by atoms with E-state index in [2.05, 4.69) is 39.5 Å². The first kappa shape index (κ1) is 9.97. The Morgan fingerprint density at radius 3 is 2.71 bits per heavy atom. The SMILES string of the molecule is C=C1C=CCC(C)(C)[C@@]12CC[C@H](C)O2. The molecule has 1 spiro atoms. The molecule has 0 N–H and O–H groups in total. The van der Waals surface area contributed by atoms with Gasteiger partial charge in [0, 0.05) is 5.41 Å². The highest BCUT2D eigenvalue weighted by atomic mass is 16.5. The van der Waals surface area contributed by atoms with Crippen molar-refractivity contribution in [3.8, 4) is 0 Å². The zero-order chi connectivity index (χ0) is 10.4. The molecule has 1 heteroatoms. The van der Waals surface area contributed by atoms with E-state index in [-0.39, 0.29) is 11.0 Å². The second-order valence-corrected chi connectivity index (χ2v) is 5.31. The molecule has 0 aromatic carbocycles. The standard InChI is InChI=1S/C13H20O/c1-10-6-5-8-12(3,4)13(10)9-7-11(2)14-13/h5-6,11H,1,7-9H2,2-4H3/t11-,13+/m0/s1. The quantitative estimate of drug-likeness (QED) is 0.571. The van der Waals surface area contributed by atoms with E-state index in [9.17, 15) is 0 Å². The summed E-state index contributed by atoms with van der Waals surface area (Å²) in [6, 6.07) is 0. The summed E-state index contributed by atoms with van der Waals surface area (Å²) in [5.41, 5.74) is 1.28. The average molecular weight is 192 g/mol. The third-order valence-electron chi connectivity index (χ3n) is 3.86. The third kappa shape index (κ3) is 1.18. The first-order valence-corrected chi connectivity index (χ1v) is 5.52. The maximum Gasteiger partial charge on any atom is 0.0983 e. The van der Waals surface area contributed by atoms with Crippen molar-refractivity contribution in [1.82, 2.24) is 0 Å². The van der Waals surface area contributed by atoms with Crippen molar-refractivity contribution in [2.75, 3.05) is 0 Å². The fourth-order valence-electron chi connectivity index (χ4n) is 2.83. The van der Waals surface area contributed by atoms with Crippen molar-refractivity contribution in [2.24, 2.45) is 5.41 Å². The summed E-state index contributed by atoms with van der Waals surface area (Å²) in [4.78, 5) is 0. The van der Waals surface area contributed by atoms with Crippen LogP contribution in [-0.2, 0) is 4.74 Å². The summed E-state index contributed by atoms with van der Waals surface area (Å²) in [5.74, 6) is 0. The van der Waals surface area contributed by atoms with Gasteiger partial charge in [-0.3, -0.25) is 0 Å². The molecule has 0 bridgehead atoms. The zero-order valence-electron chi connectivity index (χ0n) is 9.47. The molecule has 0 radical (unpaired) electrons. The van der Waals surface area contributed by atoms with Gasteiger partial charge in [0.05, 0.1) is 11.7 Å². The van der Waals surface area contributed by atoms with E-state index < -0.39 is 0 Å². The van der Waals surface area contributed by atoms with Gasteiger partial charge in [-0.2, -0.15) is 0 Å². The minimum Gasteiger partial charge on any atom is -0.367 e. The van der Waals surface area contributed by atoms with E-state index in [1.165, 1.54) is 0 Å². The molecule has 1 nitrogen and oxygen atoms in total. The van der Waals surface area contributed by atoms with E-state index in [4.69, 9.17) is 4.74 Å². The molecular weight excluding hydrogens is 172 g/mol. The number of hydrogen-bond acceptors (Lipinski definition) is 1. The number of allylic oxidation sites excluding steroid dienone is 1. The number of rotatable bonds is 0. The Labute approximate surface area is 86.8 Å². The smallest absolute Gasteiger partial charge is 0.0983 e. The van der Waals surface area contributed by atoms with E-state index in [0.29, 0.717) is 6.10 Å². The largest absolute Gasteiger partial charge is 0.367 e. The topological polar surface area (TPSA) is 9.23 Å². The third-order valence-corrected chi connectivity index (χ3v) is 3.86. The van der Waals surface area contributed by atoms with Crippen LogP contribution in [-0.4, -0.2) is 11.7 Å². The number of ether oxygens (including phenoxy) is 1. The minimum absolute atomic E-state index is 0.0822. The molecule has 2 aliphatic rings. The lowest BCUT2D eigenvalue weighted by Crippen LogP contribution is -2.47. The van der Waals surface area contributed by atoms with Crippen LogP contribution in [0.25, 0.3) is 0 Å². The maximum absolute atomic E-state index is 6.17. The molecule has 1 heterocycles. The highest BCUT2D eigenvalue weighted by Gasteiger charge is 2.52. The fourth-order valence-corrected chi connectivity index (χ4v) is 2.83. The minimum atomic E-state index is -0.0822. The molecule has 0 aromatic heterocycles. The van der Waals surface area contributed by atoms with E-state index in [0.717, 1.165) is 24.8 Å². The van der Waals surface area contributed by atoms with E-state index >= 15 is 0 Å². The van der Waals surface area contributed by atoms with Crippen LogP contribution >= 0.6 is 0 Å². The predicted octanol–water partition coefficient (Wildman–Crippen LogP) is 3.47. The summed E-state index contributed by atoms with van der Waals surface area (Å²) in [7, 11) is 0. The monoisotopic (exact) mass is 192 g/mol. The van der Waals surface area contributed by atoms with E-state index in [1.807, 2.05) is 0 Å². The van der Waals surface area contributed by atoms with Crippen LogP contribution in [0.1, 0.15) is 40.0 Å². The fraction of sp³-hybridized carbons (Fsp3) is 0.692. The summed E-state index contributed by atoms with van der Waals surface area (Å²) in [5, 5.41) is 0. The lowest BCUT2D eigenvalue weighted by Gasteiger charge is -2.46. The van der Waals surface area contributed by atoms with E-state index in [1.54, 1.807) is 0 Å². The highest BCUT2D eigenvalue weighted by molar-refractivity contribution is 5.34. The second kappa shape index (κ2) is 2.96. The molecule has 0 saturated carbocycles. The molecule has 14 heavy (non-hydrogen) atoms. The highest BCUT2D eigenvalue weighted by Crippen LogP contribution is 2.52. The molecule has 1 saturated heterocycles. The molecule has 0 aromatic rings. The van der Waals surface area contributed by atoms with Crippen LogP contribution in [0.4, 0.5) is 0 Å². The number of hydrogen-bond donors (Lipinski definition) is 0. The van der Waals surface area contributed by atoms with Crippen LogP contribution in [0.2, 0.25) is 0 Å². The second-order valence-electron chi connectivity index (χ2n) is 5.31. The predicted molar refractivity (Wildman–Crippen MR) is 59.2 cm³/mol.